The van der Waals surface area contributed by atoms with Crippen molar-refractivity contribution in [1.29, 1.82) is 0 Å². The lowest BCUT2D eigenvalue weighted by Crippen LogP contribution is -2.11. The Balaban J connectivity index is 2.20. The van der Waals surface area contributed by atoms with Gasteiger partial charge in [-0.05, 0) is 23.1 Å². The van der Waals surface area contributed by atoms with E-state index in [4.69, 9.17) is 4.74 Å². The molecular formula is C14H15F3O. The Morgan fingerprint density at radius 1 is 1.28 bits per heavy atom. The van der Waals surface area contributed by atoms with Crippen molar-refractivity contribution in [1.82, 2.24) is 0 Å². The van der Waals surface area contributed by atoms with Crippen molar-refractivity contribution in [2.24, 2.45) is 0 Å². The first-order valence-corrected chi connectivity index (χ1v) is 5.87. The maximum atomic E-state index is 12.3. The summed E-state index contributed by atoms with van der Waals surface area (Å²) in [7, 11) is 1.60. The van der Waals surface area contributed by atoms with E-state index >= 15 is 0 Å². The van der Waals surface area contributed by atoms with Crippen LogP contribution in [-0.4, -0.2) is 19.9 Å². The third kappa shape index (κ3) is 2.93. The van der Waals surface area contributed by atoms with Crippen LogP contribution in [0.15, 0.2) is 24.3 Å². The van der Waals surface area contributed by atoms with Gasteiger partial charge < -0.3 is 4.74 Å². The van der Waals surface area contributed by atoms with Gasteiger partial charge in [0.1, 0.15) is 0 Å². The van der Waals surface area contributed by atoms with Crippen LogP contribution in [0.5, 0.6) is 0 Å². The van der Waals surface area contributed by atoms with Crippen molar-refractivity contribution in [3.63, 3.8) is 0 Å². The van der Waals surface area contributed by atoms with Crippen molar-refractivity contribution in [3.8, 4) is 0 Å². The van der Waals surface area contributed by atoms with E-state index in [0.717, 1.165) is 16.7 Å². The molecule has 1 aliphatic rings. The Hall–Kier alpha value is -1.29. The molecule has 1 unspecified atom stereocenters. The molecule has 1 atom stereocenters. The quantitative estimate of drug-likeness (QED) is 0.792. The molecule has 0 N–H and O–H groups in total. The predicted octanol–water partition coefficient (Wildman–Crippen LogP) is 3.94. The lowest BCUT2D eigenvalue weighted by Gasteiger charge is -2.16. The van der Waals surface area contributed by atoms with E-state index in [0.29, 0.717) is 6.61 Å². The first-order chi connectivity index (χ1) is 8.51. The average Bonchev–Trinajstić information content (AvgIpc) is 2.70. The smallest absolute Gasteiger partial charge is 0.384 e. The second-order valence-corrected chi connectivity index (χ2v) is 4.46. The van der Waals surface area contributed by atoms with Gasteiger partial charge in [-0.2, -0.15) is 13.2 Å². The number of fused-ring (bicyclic) bond motifs is 1. The average molecular weight is 256 g/mol. The van der Waals surface area contributed by atoms with E-state index in [1.807, 2.05) is 24.3 Å². The van der Waals surface area contributed by atoms with Crippen LogP contribution in [0.25, 0.3) is 6.08 Å². The van der Waals surface area contributed by atoms with Gasteiger partial charge in [0, 0.05) is 19.4 Å². The van der Waals surface area contributed by atoms with Gasteiger partial charge in [-0.25, -0.2) is 0 Å². The lowest BCUT2D eigenvalue weighted by atomic mass is 9.93. The molecule has 1 nitrogen and oxygen atoms in total. The fraction of sp³-hybridized carbons (Fsp3) is 0.429. The molecule has 0 aliphatic heterocycles. The zero-order valence-corrected chi connectivity index (χ0v) is 10.1. The van der Waals surface area contributed by atoms with Gasteiger partial charge in [-0.3, -0.25) is 0 Å². The highest BCUT2D eigenvalue weighted by Gasteiger charge is 2.28. The van der Waals surface area contributed by atoms with Crippen LogP contribution < -0.4 is 0 Å². The summed E-state index contributed by atoms with van der Waals surface area (Å²) < 4.78 is 42.0. The van der Waals surface area contributed by atoms with Gasteiger partial charge in [0.25, 0.3) is 0 Å². The zero-order chi connectivity index (χ0) is 13.2. The van der Waals surface area contributed by atoms with Gasteiger partial charge in [-0.15, -0.1) is 0 Å². The van der Waals surface area contributed by atoms with Crippen LogP contribution in [0.2, 0.25) is 0 Å². The normalized spacial score (nSPS) is 18.1. The number of benzene rings is 1. The van der Waals surface area contributed by atoms with Crippen LogP contribution in [0.4, 0.5) is 13.2 Å². The first kappa shape index (κ1) is 13.1. The van der Waals surface area contributed by atoms with Crippen LogP contribution >= 0.6 is 0 Å². The van der Waals surface area contributed by atoms with E-state index in [1.54, 1.807) is 13.2 Å². The second-order valence-electron chi connectivity index (χ2n) is 4.46. The van der Waals surface area contributed by atoms with E-state index in [1.165, 1.54) is 0 Å². The standard InChI is InChI=1S/C14H15F3O/c1-18-9-12-6-5-10-3-2-4-11(13(10)12)7-8-14(15,16)17/h2-6,12H,7-9H2,1H3. The summed E-state index contributed by atoms with van der Waals surface area (Å²) in [5, 5.41) is 0. The van der Waals surface area contributed by atoms with Gasteiger partial charge in [-0.1, -0.05) is 30.4 Å². The maximum absolute atomic E-state index is 12.3. The zero-order valence-electron chi connectivity index (χ0n) is 10.1. The van der Waals surface area contributed by atoms with Gasteiger partial charge in [0.15, 0.2) is 0 Å². The number of halogens is 3. The van der Waals surface area contributed by atoms with Gasteiger partial charge >= 0.3 is 6.18 Å². The number of hydrogen-bond acceptors (Lipinski definition) is 1. The van der Waals surface area contributed by atoms with Crippen molar-refractivity contribution >= 4 is 6.08 Å². The Labute approximate surface area is 104 Å². The summed E-state index contributed by atoms with van der Waals surface area (Å²) in [5.74, 6) is 0.0782. The van der Waals surface area contributed by atoms with Crippen molar-refractivity contribution in [3.05, 3.63) is 41.0 Å². The topological polar surface area (TPSA) is 9.23 Å². The molecule has 0 bridgehead atoms. The third-order valence-electron chi connectivity index (χ3n) is 3.13. The summed E-state index contributed by atoms with van der Waals surface area (Å²) in [4.78, 5) is 0. The number of alkyl halides is 3. The summed E-state index contributed by atoms with van der Waals surface area (Å²) in [6, 6.07) is 5.52. The van der Waals surface area contributed by atoms with E-state index in [-0.39, 0.29) is 12.3 Å². The molecule has 0 fully saturated rings. The third-order valence-corrected chi connectivity index (χ3v) is 3.13. The largest absolute Gasteiger partial charge is 0.389 e. The highest BCUT2D eigenvalue weighted by atomic mass is 19.4. The molecule has 18 heavy (non-hydrogen) atoms. The number of ether oxygens (including phenoxy) is 1. The summed E-state index contributed by atoms with van der Waals surface area (Å²) in [6.45, 7) is 0.506. The minimum Gasteiger partial charge on any atom is -0.384 e. The molecular weight excluding hydrogens is 241 g/mol. The van der Waals surface area contributed by atoms with Crippen molar-refractivity contribution < 1.29 is 17.9 Å². The molecule has 98 valence electrons. The molecule has 0 amide bonds. The molecule has 0 saturated carbocycles. The van der Waals surface area contributed by atoms with Crippen LogP contribution in [0.3, 0.4) is 0 Å². The predicted molar refractivity (Wildman–Crippen MR) is 64.5 cm³/mol. The summed E-state index contributed by atoms with van der Waals surface area (Å²) in [6.07, 6.45) is -0.898. The van der Waals surface area contributed by atoms with Crippen molar-refractivity contribution in [2.75, 3.05) is 13.7 Å². The Kier molecular flexibility index (Phi) is 3.76. The van der Waals surface area contributed by atoms with Crippen molar-refractivity contribution in [2.45, 2.75) is 24.9 Å². The van der Waals surface area contributed by atoms with Crippen LogP contribution in [-0.2, 0) is 11.2 Å². The molecule has 0 heterocycles. The number of hydrogen-bond donors (Lipinski definition) is 0. The summed E-state index contributed by atoms with van der Waals surface area (Å²) >= 11 is 0. The van der Waals surface area contributed by atoms with Crippen LogP contribution in [0, 0.1) is 0 Å². The Bertz CT molecular complexity index is 449. The minimum absolute atomic E-state index is 0.0363. The molecule has 1 aliphatic carbocycles. The molecule has 1 aromatic carbocycles. The Morgan fingerprint density at radius 3 is 2.72 bits per heavy atom. The Morgan fingerprint density at radius 2 is 2.06 bits per heavy atom. The lowest BCUT2D eigenvalue weighted by molar-refractivity contribution is -0.134. The van der Waals surface area contributed by atoms with Gasteiger partial charge in [0.2, 0.25) is 0 Å². The number of methoxy groups -OCH3 is 1. The minimum atomic E-state index is -4.11. The molecule has 0 spiro atoms. The first-order valence-electron chi connectivity index (χ1n) is 5.87. The second kappa shape index (κ2) is 5.14. The molecule has 4 heteroatoms. The molecule has 0 saturated heterocycles. The number of rotatable bonds is 4. The molecule has 2 rings (SSSR count). The van der Waals surface area contributed by atoms with E-state index < -0.39 is 12.6 Å². The SMILES string of the molecule is COCC1C=Cc2cccc(CCC(F)(F)F)c21. The van der Waals surface area contributed by atoms with E-state index in [9.17, 15) is 13.2 Å². The maximum Gasteiger partial charge on any atom is 0.389 e. The van der Waals surface area contributed by atoms with Gasteiger partial charge in [0.05, 0.1) is 6.61 Å². The van der Waals surface area contributed by atoms with Crippen LogP contribution in [0.1, 0.15) is 29.0 Å². The number of aryl methyl sites for hydroxylation is 1. The molecule has 1 aromatic rings. The monoisotopic (exact) mass is 256 g/mol. The van der Waals surface area contributed by atoms with E-state index in [2.05, 4.69) is 0 Å². The summed E-state index contributed by atoms with van der Waals surface area (Å²) in [5.41, 5.74) is 2.78. The fourth-order valence-electron chi connectivity index (χ4n) is 2.36. The fourth-order valence-corrected chi connectivity index (χ4v) is 2.36. The molecule has 0 radical (unpaired) electrons. The highest BCUT2D eigenvalue weighted by Crippen LogP contribution is 2.34. The highest BCUT2D eigenvalue weighted by molar-refractivity contribution is 5.64. The molecule has 0 aromatic heterocycles.